The number of carboxylic acids is 1. The molecule has 6 heteroatoms. The molecule has 0 unspecified atom stereocenters. The molecule has 0 atom stereocenters. The van der Waals surface area contributed by atoms with Gasteiger partial charge in [-0.15, -0.1) is 0 Å². The van der Waals surface area contributed by atoms with Gasteiger partial charge < -0.3 is 15.7 Å². The summed E-state index contributed by atoms with van der Waals surface area (Å²) in [5.41, 5.74) is 0.394. The minimum absolute atomic E-state index is 0.0830. The first-order valence-corrected chi connectivity index (χ1v) is 7.39. The first-order chi connectivity index (χ1) is 9.97. The van der Waals surface area contributed by atoms with E-state index >= 15 is 0 Å². The summed E-state index contributed by atoms with van der Waals surface area (Å²) < 4.78 is 0. The number of benzene rings is 1. The van der Waals surface area contributed by atoms with Gasteiger partial charge in [0.25, 0.3) is 0 Å². The monoisotopic (exact) mass is 312 g/mol. The molecule has 0 aliphatic heterocycles. The summed E-state index contributed by atoms with van der Waals surface area (Å²) in [4.78, 5) is 22.7. The lowest BCUT2D eigenvalue weighted by Gasteiger charge is -2.13. The fraction of sp³-hybridized carbons (Fsp3) is 0.467. The van der Waals surface area contributed by atoms with Crippen molar-refractivity contribution in [3.05, 3.63) is 28.8 Å². The molecule has 1 aromatic carbocycles. The van der Waals surface area contributed by atoms with E-state index < -0.39 is 5.97 Å². The quantitative estimate of drug-likeness (QED) is 0.689. The fourth-order valence-electron chi connectivity index (χ4n) is 1.92. The zero-order valence-electron chi connectivity index (χ0n) is 12.3. The van der Waals surface area contributed by atoms with Crippen molar-refractivity contribution in [2.75, 3.05) is 18.4 Å². The molecular weight excluding hydrogens is 292 g/mol. The zero-order valence-corrected chi connectivity index (χ0v) is 13.0. The molecule has 0 saturated carbocycles. The number of aromatic carboxylic acids is 1. The van der Waals surface area contributed by atoms with E-state index in [2.05, 4.69) is 24.5 Å². The lowest BCUT2D eigenvalue weighted by molar-refractivity contribution is -0.115. The van der Waals surface area contributed by atoms with Crippen molar-refractivity contribution in [3.8, 4) is 0 Å². The Balaban J connectivity index is 2.55. The van der Waals surface area contributed by atoms with Gasteiger partial charge in [0.05, 0.1) is 22.8 Å². The largest absolute Gasteiger partial charge is 0.478 e. The van der Waals surface area contributed by atoms with Crippen LogP contribution in [0.25, 0.3) is 0 Å². The van der Waals surface area contributed by atoms with E-state index in [4.69, 9.17) is 16.7 Å². The predicted molar refractivity (Wildman–Crippen MR) is 84.0 cm³/mol. The number of halogens is 1. The molecule has 116 valence electrons. The topological polar surface area (TPSA) is 78.4 Å². The van der Waals surface area contributed by atoms with Crippen LogP contribution in [-0.2, 0) is 4.79 Å². The van der Waals surface area contributed by atoms with Crippen LogP contribution in [0, 0.1) is 5.92 Å². The molecule has 1 aromatic rings. The van der Waals surface area contributed by atoms with Crippen LogP contribution in [0.2, 0.25) is 5.02 Å². The standard InChI is InChI=1S/C15H21ClN2O3/c1-3-10(4-2)8-17-9-14(19)18-13-7-11(15(20)21)5-6-12(13)16/h5-7,10,17H,3-4,8-9H2,1-2H3,(H,18,19)(H,20,21). The minimum Gasteiger partial charge on any atom is -0.478 e. The Morgan fingerprint density at radius 3 is 2.52 bits per heavy atom. The molecule has 3 N–H and O–H groups in total. The van der Waals surface area contributed by atoms with E-state index in [1.807, 2.05) is 0 Å². The number of rotatable bonds is 8. The maximum absolute atomic E-state index is 11.8. The number of carbonyl (C=O) groups excluding carboxylic acids is 1. The molecule has 5 nitrogen and oxygen atoms in total. The smallest absolute Gasteiger partial charge is 0.335 e. The molecule has 0 fully saturated rings. The summed E-state index contributed by atoms with van der Waals surface area (Å²) >= 11 is 5.95. The van der Waals surface area contributed by atoms with Gasteiger partial charge in [-0.1, -0.05) is 38.3 Å². The van der Waals surface area contributed by atoms with Crippen LogP contribution in [0.5, 0.6) is 0 Å². The van der Waals surface area contributed by atoms with Crippen LogP contribution in [0.15, 0.2) is 18.2 Å². The molecule has 0 radical (unpaired) electrons. The number of nitrogens with one attached hydrogen (secondary N) is 2. The first-order valence-electron chi connectivity index (χ1n) is 7.01. The maximum atomic E-state index is 11.8. The second kappa shape index (κ2) is 8.64. The molecule has 0 spiro atoms. The Morgan fingerprint density at radius 1 is 1.29 bits per heavy atom. The highest BCUT2D eigenvalue weighted by Gasteiger charge is 2.10. The van der Waals surface area contributed by atoms with Gasteiger partial charge in [0, 0.05) is 0 Å². The molecule has 0 saturated heterocycles. The number of anilines is 1. The Bertz CT molecular complexity index is 502. The third-order valence-corrected chi connectivity index (χ3v) is 3.69. The van der Waals surface area contributed by atoms with Crippen LogP contribution in [-0.4, -0.2) is 30.1 Å². The van der Waals surface area contributed by atoms with E-state index in [-0.39, 0.29) is 18.0 Å². The van der Waals surface area contributed by atoms with Crippen molar-refractivity contribution in [2.24, 2.45) is 5.92 Å². The predicted octanol–water partition coefficient (Wildman–Crippen LogP) is 3.00. The third kappa shape index (κ3) is 5.73. The van der Waals surface area contributed by atoms with Crippen molar-refractivity contribution >= 4 is 29.2 Å². The minimum atomic E-state index is -1.06. The molecule has 0 aliphatic rings. The van der Waals surface area contributed by atoms with Crippen molar-refractivity contribution in [1.82, 2.24) is 5.32 Å². The highest BCUT2D eigenvalue weighted by molar-refractivity contribution is 6.33. The van der Waals surface area contributed by atoms with Crippen LogP contribution < -0.4 is 10.6 Å². The summed E-state index contributed by atoms with van der Waals surface area (Å²) in [7, 11) is 0. The van der Waals surface area contributed by atoms with Gasteiger partial charge in [0.15, 0.2) is 0 Å². The number of amides is 1. The summed E-state index contributed by atoms with van der Waals surface area (Å²) in [6.07, 6.45) is 2.13. The average molecular weight is 313 g/mol. The third-order valence-electron chi connectivity index (χ3n) is 3.36. The SMILES string of the molecule is CCC(CC)CNCC(=O)Nc1cc(C(=O)O)ccc1Cl. The van der Waals surface area contributed by atoms with Crippen LogP contribution >= 0.6 is 11.6 Å². The first kappa shape index (κ1) is 17.5. The van der Waals surface area contributed by atoms with Gasteiger partial charge in [-0.3, -0.25) is 4.79 Å². The number of carboxylic acid groups (broad SMARTS) is 1. The van der Waals surface area contributed by atoms with Crippen molar-refractivity contribution in [3.63, 3.8) is 0 Å². The van der Waals surface area contributed by atoms with E-state index in [9.17, 15) is 9.59 Å². The van der Waals surface area contributed by atoms with Crippen LogP contribution in [0.3, 0.4) is 0 Å². The molecule has 1 rings (SSSR count). The summed E-state index contributed by atoms with van der Waals surface area (Å²) in [6.45, 7) is 5.19. The lowest BCUT2D eigenvalue weighted by Crippen LogP contribution is -2.31. The van der Waals surface area contributed by atoms with E-state index in [1.165, 1.54) is 18.2 Å². The lowest BCUT2D eigenvalue weighted by atomic mass is 10.0. The molecule has 0 heterocycles. The van der Waals surface area contributed by atoms with Crippen LogP contribution in [0.1, 0.15) is 37.0 Å². The highest BCUT2D eigenvalue weighted by Crippen LogP contribution is 2.23. The van der Waals surface area contributed by atoms with Gasteiger partial charge in [0.2, 0.25) is 5.91 Å². The number of carbonyl (C=O) groups is 2. The summed E-state index contributed by atoms with van der Waals surface area (Å²) in [6, 6.07) is 4.20. The van der Waals surface area contributed by atoms with Crippen LogP contribution in [0.4, 0.5) is 5.69 Å². The molecular formula is C15H21ClN2O3. The maximum Gasteiger partial charge on any atom is 0.335 e. The second-order valence-corrected chi connectivity index (χ2v) is 5.27. The summed E-state index contributed by atoms with van der Waals surface area (Å²) in [5.74, 6) is -0.754. The number of hydrogen-bond acceptors (Lipinski definition) is 3. The van der Waals surface area contributed by atoms with Gasteiger partial charge in [-0.05, 0) is 30.7 Å². The Hall–Kier alpha value is -1.59. The van der Waals surface area contributed by atoms with Gasteiger partial charge in [-0.25, -0.2) is 4.79 Å². The molecule has 0 bridgehead atoms. The molecule has 0 aliphatic carbocycles. The van der Waals surface area contributed by atoms with Gasteiger partial charge in [0.1, 0.15) is 0 Å². The Kier molecular flexibility index (Phi) is 7.19. The number of hydrogen-bond donors (Lipinski definition) is 3. The molecule has 0 aromatic heterocycles. The normalized spacial score (nSPS) is 10.7. The highest BCUT2D eigenvalue weighted by atomic mass is 35.5. The van der Waals surface area contributed by atoms with Crippen molar-refractivity contribution in [2.45, 2.75) is 26.7 Å². The van der Waals surface area contributed by atoms with E-state index in [1.54, 1.807) is 0 Å². The van der Waals surface area contributed by atoms with Crippen molar-refractivity contribution < 1.29 is 14.7 Å². The molecule has 1 amide bonds. The Morgan fingerprint density at radius 2 is 1.95 bits per heavy atom. The van der Waals surface area contributed by atoms with E-state index in [0.717, 1.165) is 19.4 Å². The van der Waals surface area contributed by atoms with Crippen molar-refractivity contribution in [1.29, 1.82) is 0 Å². The summed E-state index contributed by atoms with van der Waals surface area (Å²) in [5, 5.41) is 14.9. The molecule has 21 heavy (non-hydrogen) atoms. The Labute approximate surface area is 129 Å². The zero-order chi connectivity index (χ0) is 15.8. The van der Waals surface area contributed by atoms with E-state index in [0.29, 0.717) is 16.6 Å². The average Bonchev–Trinajstić information content (AvgIpc) is 2.45. The second-order valence-electron chi connectivity index (χ2n) is 4.86. The van der Waals surface area contributed by atoms with Gasteiger partial charge in [-0.2, -0.15) is 0 Å². The van der Waals surface area contributed by atoms with Gasteiger partial charge >= 0.3 is 5.97 Å². The fourth-order valence-corrected chi connectivity index (χ4v) is 2.08.